The van der Waals surface area contributed by atoms with Gasteiger partial charge in [-0.3, -0.25) is 14.9 Å². The molecule has 1 amide bonds. The molecule has 3 aromatic carbocycles. The minimum absolute atomic E-state index is 0.0385. The Hall–Kier alpha value is -3.72. The van der Waals surface area contributed by atoms with Gasteiger partial charge in [0, 0.05) is 17.8 Å². The van der Waals surface area contributed by atoms with Gasteiger partial charge in [-0.25, -0.2) is 5.43 Å². The van der Waals surface area contributed by atoms with Gasteiger partial charge in [0.2, 0.25) is 0 Å². The van der Waals surface area contributed by atoms with Gasteiger partial charge in [0.25, 0.3) is 11.6 Å². The molecule has 0 aromatic heterocycles. The third kappa shape index (κ3) is 6.92. The molecule has 3 rings (SSSR count). The fourth-order valence-electron chi connectivity index (χ4n) is 2.66. The van der Waals surface area contributed by atoms with Crippen LogP contribution < -0.4 is 15.5 Å². The number of aryl methyl sites for hydroxylation is 1. The summed E-state index contributed by atoms with van der Waals surface area (Å²) in [6.45, 7) is 2.38. The number of ether oxygens (including phenoxy) is 1. The number of hydrazone groups is 1. The normalized spacial score (nSPS) is 10.7. The Labute approximate surface area is 193 Å². The van der Waals surface area contributed by atoms with Gasteiger partial charge in [-0.15, -0.1) is 0 Å². The van der Waals surface area contributed by atoms with Crippen LogP contribution >= 0.6 is 15.9 Å². The first-order chi connectivity index (χ1) is 15.4. The maximum Gasteiger partial charge on any atom is 0.269 e. The van der Waals surface area contributed by atoms with Crippen molar-refractivity contribution in [2.75, 3.05) is 11.9 Å². The van der Waals surface area contributed by atoms with Crippen LogP contribution in [0.4, 0.5) is 11.4 Å². The number of carbonyl (C=O) groups is 1. The number of hydrogen-bond acceptors (Lipinski definition) is 6. The zero-order valence-electron chi connectivity index (χ0n) is 17.2. The number of nitro benzene ring substituents is 1. The van der Waals surface area contributed by atoms with Gasteiger partial charge >= 0.3 is 0 Å². The molecule has 2 N–H and O–H groups in total. The lowest BCUT2D eigenvalue weighted by Crippen LogP contribution is -2.25. The van der Waals surface area contributed by atoms with Crippen LogP contribution in [0.2, 0.25) is 0 Å². The average Bonchev–Trinajstić information content (AvgIpc) is 2.78. The quantitative estimate of drug-likeness (QED) is 0.251. The number of nitro groups is 1. The molecule has 3 aromatic rings. The van der Waals surface area contributed by atoms with E-state index in [1.165, 1.54) is 18.3 Å². The molecule has 0 aliphatic heterocycles. The van der Waals surface area contributed by atoms with Crippen LogP contribution in [-0.2, 0) is 11.4 Å². The Morgan fingerprint density at radius 1 is 1.12 bits per heavy atom. The molecule has 0 saturated carbocycles. The summed E-state index contributed by atoms with van der Waals surface area (Å²) in [5.41, 5.74) is 6.12. The molecular formula is C23H21BrN4O4. The summed E-state index contributed by atoms with van der Waals surface area (Å²) in [5, 5.41) is 17.7. The highest BCUT2D eigenvalue weighted by Crippen LogP contribution is 2.26. The standard InChI is InChI=1S/C23H21BrN4O4/c1-16-2-7-19(8-3-16)25-14-23(29)27-26-13-18-6-11-22(21(24)12-18)32-15-17-4-9-20(10-5-17)28(30)31/h2-13,25H,14-15H2,1H3,(H,27,29)/b26-13-. The first-order valence-electron chi connectivity index (χ1n) is 9.69. The number of amides is 1. The van der Waals surface area contributed by atoms with E-state index in [2.05, 4.69) is 31.8 Å². The summed E-state index contributed by atoms with van der Waals surface area (Å²) < 4.78 is 6.48. The lowest BCUT2D eigenvalue weighted by atomic mass is 10.2. The molecule has 0 spiro atoms. The lowest BCUT2D eigenvalue weighted by molar-refractivity contribution is -0.384. The van der Waals surface area contributed by atoms with Crippen molar-refractivity contribution in [2.45, 2.75) is 13.5 Å². The Kier molecular flexibility index (Phi) is 7.93. The summed E-state index contributed by atoms with van der Waals surface area (Å²) in [5.74, 6) is 0.357. The number of non-ortho nitro benzene ring substituents is 1. The molecule has 8 nitrogen and oxygen atoms in total. The molecular weight excluding hydrogens is 476 g/mol. The molecule has 0 heterocycles. The Morgan fingerprint density at radius 2 is 1.84 bits per heavy atom. The van der Waals surface area contributed by atoms with Gasteiger partial charge in [-0.05, 0) is 76.4 Å². The van der Waals surface area contributed by atoms with Crippen LogP contribution in [0.3, 0.4) is 0 Å². The van der Waals surface area contributed by atoms with E-state index in [-0.39, 0.29) is 24.7 Å². The molecule has 0 radical (unpaired) electrons. The minimum atomic E-state index is -0.440. The van der Waals surface area contributed by atoms with E-state index in [0.29, 0.717) is 5.75 Å². The number of hydrogen-bond donors (Lipinski definition) is 2. The molecule has 0 saturated heterocycles. The highest BCUT2D eigenvalue weighted by Gasteiger charge is 2.06. The largest absolute Gasteiger partial charge is 0.488 e. The summed E-state index contributed by atoms with van der Waals surface area (Å²) in [6.07, 6.45) is 1.54. The first-order valence-corrected chi connectivity index (χ1v) is 10.5. The zero-order chi connectivity index (χ0) is 22.9. The van der Waals surface area contributed by atoms with Crippen molar-refractivity contribution >= 4 is 39.4 Å². The van der Waals surface area contributed by atoms with Crippen LogP contribution in [0.5, 0.6) is 5.75 Å². The predicted octanol–water partition coefficient (Wildman–Crippen LogP) is 4.81. The molecule has 0 unspecified atom stereocenters. The van der Waals surface area contributed by atoms with Crippen molar-refractivity contribution in [1.82, 2.24) is 5.43 Å². The van der Waals surface area contributed by atoms with Crippen LogP contribution in [0.25, 0.3) is 0 Å². The van der Waals surface area contributed by atoms with Gasteiger partial charge in [-0.1, -0.05) is 17.7 Å². The molecule has 9 heteroatoms. The van der Waals surface area contributed by atoms with E-state index in [1.54, 1.807) is 24.3 Å². The third-order valence-electron chi connectivity index (χ3n) is 4.40. The maximum atomic E-state index is 11.9. The molecule has 0 aliphatic rings. The maximum absolute atomic E-state index is 11.9. The van der Waals surface area contributed by atoms with Crippen LogP contribution in [0, 0.1) is 17.0 Å². The number of carbonyl (C=O) groups excluding carboxylic acids is 1. The summed E-state index contributed by atoms with van der Waals surface area (Å²) in [6, 6.07) is 19.3. The fourth-order valence-corrected chi connectivity index (χ4v) is 3.17. The minimum Gasteiger partial charge on any atom is -0.488 e. The molecule has 0 bridgehead atoms. The number of benzene rings is 3. The smallest absolute Gasteiger partial charge is 0.269 e. The van der Waals surface area contributed by atoms with Crippen molar-refractivity contribution in [3.05, 3.63) is 98.0 Å². The number of nitrogens with zero attached hydrogens (tertiary/aromatic N) is 2. The first kappa shape index (κ1) is 23.0. The van der Waals surface area contributed by atoms with Crippen LogP contribution in [0.15, 0.2) is 76.3 Å². The lowest BCUT2D eigenvalue weighted by Gasteiger charge is -2.09. The van der Waals surface area contributed by atoms with Crippen molar-refractivity contribution < 1.29 is 14.5 Å². The van der Waals surface area contributed by atoms with Crippen molar-refractivity contribution in [2.24, 2.45) is 5.10 Å². The van der Waals surface area contributed by atoms with E-state index >= 15 is 0 Å². The molecule has 164 valence electrons. The second-order valence-corrected chi connectivity index (χ2v) is 7.77. The number of anilines is 1. The van der Waals surface area contributed by atoms with Crippen LogP contribution in [-0.4, -0.2) is 23.6 Å². The molecule has 0 aliphatic carbocycles. The Morgan fingerprint density at radius 3 is 2.50 bits per heavy atom. The van der Waals surface area contributed by atoms with Gasteiger partial charge in [0.05, 0.1) is 22.2 Å². The third-order valence-corrected chi connectivity index (χ3v) is 5.02. The number of nitrogens with one attached hydrogen (secondary N) is 2. The summed E-state index contributed by atoms with van der Waals surface area (Å²) >= 11 is 3.45. The zero-order valence-corrected chi connectivity index (χ0v) is 18.8. The average molecular weight is 497 g/mol. The van der Waals surface area contributed by atoms with Gasteiger partial charge in [0.15, 0.2) is 0 Å². The SMILES string of the molecule is Cc1ccc(NCC(=O)N/N=C\c2ccc(OCc3ccc([N+](=O)[O-])cc3)c(Br)c2)cc1. The van der Waals surface area contributed by atoms with E-state index in [4.69, 9.17) is 4.74 Å². The van der Waals surface area contributed by atoms with Gasteiger partial charge in [-0.2, -0.15) is 5.10 Å². The van der Waals surface area contributed by atoms with E-state index in [1.807, 2.05) is 37.3 Å². The second kappa shape index (κ2) is 11.1. The summed E-state index contributed by atoms with van der Waals surface area (Å²) in [4.78, 5) is 22.2. The Balaban J connectivity index is 1.47. The monoisotopic (exact) mass is 496 g/mol. The van der Waals surface area contributed by atoms with Crippen molar-refractivity contribution in [1.29, 1.82) is 0 Å². The van der Waals surface area contributed by atoms with E-state index in [0.717, 1.165) is 26.9 Å². The molecule has 0 fully saturated rings. The van der Waals surface area contributed by atoms with Crippen LogP contribution in [0.1, 0.15) is 16.7 Å². The van der Waals surface area contributed by atoms with Crippen molar-refractivity contribution in [3.8, 4) is 5.75 Å². The second-order valence-electron chi connectivity index (χ2n) is 6.91. The highest BCUT2D eigenvalue weighted by molar-refractivity contribution is 9.10. The molecule has 32 heavy (non-hydrogen) atoms. The molecule has 0 atom stereocenters. The van der Waals surface area contributed by atoms with E-state index in [9.17, 15) is 14.9 Å². The predicted molar refractivity (Wildman–Crippen MR) is 127 cm³/mol. The van der Waals surface area contributed by atoms with E-state index < -0.39 is 4.92 Å². The topological polar surface area (TPSA) is 106 Å². The fraction of sp³-hybridized carbons (Fsp3) is 0.130. The highest BCUT2D eigenvalue weighted by atomic mass is 79.9. The summed E-state index contributed by atoms with van der Waals surface area (Å²) in [7, 11) is 0. The van der Waals surface area contributed by atoms with Gasteiger partial charge < -0.3 is 10.1 Å². The van der Waals surface area contributed by atoms with Gasteiger partial charge in [0.1, 0.15) is 12.4 Å². The number of halogens is 1. The Bertz CT molecular complexity index is 1120. The van der Waals surface area contributed by atoms with Crippen molar-refractivity contribution in [3.63, 3.8) is 0 Å². The number of rotatable bonds is 9.